The highest BCUT2D eigenvalue weighted by Crippen LogP contribution is 2.18. The zero-order valence-corrected chi connectivity index (χ0v) is 7.84. The van der Waals surface area contributed by atoms with Crippen molar-refractivity contribution < 1.29 is 9.53 Å². The van der Waals surface area contributed by atoms with Gasteiger partial charge >= 0.3 is 5.97 Å². The Morgan fingerprint density at radius 1 is 1.67 bits per heavy atom. The van der Waals surface area contributed by atoms with E-state index in [-0.39, 0.29) is 16.8 Å². The number of rotatable bonds is 2. The van der Waals surface area contributed by atoms with Crippen LogP contribution in [0.1, 0.15) is 15.9 Å². The molecule has 0 radical (unpaired) electrons. The number of esters is 1. The normalized spacial score (nSPS) is 8.53. The van der Waals surface area contributed by atoms with Crippen molar-refractivity contribution >= 4 is 11.7 Å². The number of methoxy groups -OCH3 is 1. The fourth-order valence-corrected chi connectivity index (χ4v) is 1.02. The smallest absolute Gasteiger partial charge is 0.339 e. The van der Waals surface area contributed by atoms with Crippen molar-refractivity contribution in [3.8, 4) is 6.07 Å². The summed E-state index contributed by atoms with van der Waals surface area (Å²) in [6.07, 6.45) is 0. The van der Waals surface area contributed by atoms with Gasteiger partial charge in [-0.3, -0.25) is 0 Å². The van der Waals surface area contributed by atoms with Gasteiger partial charge in [-0.05, 0) is 17.7 Å². The van der Waals surface area contributed by atoms with Gasteiger partial charge in [-0.15, -0.1) is 0 Å². The molecular formula is C9H6N4O2. The van der Waals surface area contributed by atoms with Gasteiger partial charge < -0.3 is 4.74 Å². The molecule has 15 heavy (non-hydrogen) atoms. The molecule has 1 aromatic rings. The van der Waals surface area contributed by atoms with E-state index in [0.717, 1.165) is 0 Å². The van der Waals surface area contributed by atoms with Crippen LogP contribution in [0.2, 0.25) is 0 Å². The van der Waals surface area contributed by atoms with Crippen molar-refractivity contribution in [2.24, 2.45) is 5.11 Å². The van der Waals surface area contributed by atoms with E-state index in [4.69, 9.17) is 10.8 Å². The first-order chi connectivity index (χ1) is 7.22. The molecule has 0 aliphatic heterocycles. The fraction of sp³-hybridized carbons (Fsp3) is 0.111. The molecule has 0 fully saturated rings. The maximum atomic E-state index is 11.2. The van der Waals surface area contributed by atoms with Crippen LogP contribution in [0.25, 0.3) is 10.4 Å². The second-order valence-corrected chi connectivity index (χ2v) is 2.52. The Morgan fingerprint density at radius 3 is 2.93 bits per heavy atom. The summed E-state index contributed by atoms with van der Waals surface area (Å²) in [5.74, 6) is -0.637. The molecule has 1 rings (SSSR count). The van der Waals surface area contributed by atoms with E-state index in [1.807, 2.05) is 6.07 Å². The maximum Gasteiger partial charge on any atom is 0.339 e. The van der Waals surface area contributed by atoms with Gasteiger partial charge in [0.25, 0.3) is 0 Å². The Morgan fingerprint density at radius 2 is 2.40 bits per heavy atom. The summed E-state index contributed by atoms with van der Waals surface area (Å²) in [4.78, 5) is 13.8. The standard InChI is InChI=1S/C9H6N4O2/c1-15-9(14)8-4-7(12-13-11)3-2-6(8)5-10/h2-4H,1H3. The van der Waals surface area contributed by atoms with E-state index in [9.17, 15) is 4.79 Å². The maximum absolute atomic E-state index is 11.2. The van der Waals surface area contributed by atoms with Crippen LogP contribution in [0.5, 0.6) is 0 Å². The Labute approximate surface area is 85.3 Å². The lowest BCUT2D eigenvalue weighted by Gasteiger charge is -2.01. The Kier molecular flexibility index (Phi) is 3.28. The lowest BCUT2D eigenvalue weighted by molar-refractivity contribution is 0.0600. The van der Waals surface area contributed by atoms with E-state index in [1.165, 1.54) is 25.3 Å². The lowest BCUT2D eigenvalue weighted by Crippen LogP contribution is -2.03. The van der Waals surface area contributed by atoms with Gasteiger partial charge in [-0.2, -0.15) is 5.26 Å². The van der Waals surface area contributed by atoms with Crippen LogP contribution < -0.4 is 0 Å². The predicted molar refractivity (Wildman–Crippen MR) is 51.3 cm³/mol. The number of hydrogen-bond donors (Lipinski definition) is 0. The molecule has 1 aromatic carbocycles. The van der Waals surface area contributed by atoms with E-state index in [0.29, 0.717) is 0 Å². The van der Waals surface area contributed by atoms with Gasteiger partial charge in [-0.1, -0.05) is 11.2 Å². The molecule has 0 N–H and O–H groups in total. The summed E-state index contributed by atoms with van der Waals surface area (Å²) in [5, 5.41) is 12.0. The number of nitrogens with zero attached hydrogens (tertiary/aromatic N) is 4. The first-order valence-corrected chi connectivity index (χ1v) is 3.90. The van der Waals surface area contributed by atoms with Gasteiger partial charge in [0.15, 0.2) is 0 Å². The van der Waals surface area contributed by atoms with E-state index >= 15 is 0 Å². The summed E-state index contributed by atoms with van der Waals surface area (Å²) in [6.45, 7) is 0. The minimum absolute atomic E-state index is 0.0879. The topological polar surface area (TPSA) is 98.8 Å². The highest BCUT2D eigenvalue weighted by molar-refractivity contribution is 5.93. The summed E-state index contributed by atoms with van der Waals surface area (Å²) in [6, 6.07) is 6.00. The monoisotopic (exact) mass is 202 g/mol. The molecule has 74 valence electrons. The average Bonchev–Trinajstić information content (AvgIpc) is 2.28. The van der Waals surface area contributed by atoms with E-state index in [2.05, 4.69) is 14.8 Å². The second-order valence-electron chi connectivity index (χ2n) is 2.52. The van der Waals surface area contributed by atoms with Crippen LogP contribution in [-0.2, 0) is 4.74 Å². The van der Waals surface area contributed by atoms with Gasteiger partial charge in [0.1, 0.15) is 6.07 Å². The van der Waals surface area contributed by atoms with Crippen molar-refractivity contribution in [1.82, 2.24) is 0 Å². The molecule has 6 heteroatoms. The van der Waals surface area contributed by atoms with E-state index < -0.39 is 5.97 Å². The third-order valence-corrected chi connectivity index (χ3v) is 1.69. The third kappa shape index (κ3) is 2.24. The Hall–Kier alpha value is -2.51. The SMILES string of the molecule is COC(=O)c1cc(N=[N+]=[N-])ccc1C#N. The molecule has 0 saturated heterocycles. The molecule has 0 amide bonds. The number of carbonyl (C=O) groups excluding carboxylic acids is 1. The van der Waals surface area contributed by atoms with Crippen LogP contribution in [0.3, 0.4) is 0 Å². The second kappa shape index (κ2) is 4.65. The summed E-state index contributed by atoms with van der Waals surface area (Å²) in [7, 11) is 1.21. The van der Waals surface area contributed by atoms with E-state index in [1.54, 1.807) is 0 Å². The molecule has 0 unspecified atom stereocenters. The zero-order valence-electron chi connectivity index (χ0n) is 7.84. The summed E-state index contributed by atoms with van der Waals surface area (Å²) in [5.41, 5.74) is 8.74. The molecule has 0 aromatic heterocycles. The summed E-state index contributed by atoms with van der Waals surface area (Å²) >= 11 is 0. The number of nitriles is 1. The minimum atomic E-state index is -0.637. The van der Waals surface area contributed by atoms with Crippen molar-refractivity contribution in [2.75, 3.05) is 7.11 Å². The summed E-state index contributed by atoms with van der Waals surface area (Å²) < 4.78 is 4.49. The molecule has 0 heterocycles. The van der Waals surface area contributed by atoms with Gasteiger partial charge in [0.05, 0.1) is 18.2 Å². The number of hydrogen-bond acceptors (Lipinski definition) is 4. The third-order valence-electron chi connectivity index (χ3n) is 1.69. The van der Waals surface area contributed by atoms with Gasteiger partial charge in [0, 0.05) is 10.6 Å². The van der Waals surface area contributed by atoms with Crippen LogP contribution in [0.15, 0.2) is 23.3 Å². The van der Waals surface area contributed by atoms with Crippen molar-refractivity contribution in [3.05, 3.63) is 39.8 Å². The number of ether oxygens (including phenoxy) is 1. The number of benzene rings is 1. The minimum Gasteiger partial charge on any atom is -0.465 e. The first-order valence-electron chi connectivity index (χ1n) is 3.90. The highest BCUT2D eigenvalue weighted by atomic mass is 16.5. The quantitative estimate of drug-likeness (QED) is 0.318. The molecule has 0 saturated carbocycles. The zero-order chi connectivity index (χ0) is 11.3. The van der Waals surface area contributed by atoms with Crippen molar-refractivity contribution in [1.29, 1.82) is 5.26 Å². The van der Waals surface area contributed by atoms with Crippen molar-refractivity contribution in [3.63, 3.8) is 0 Å². The molecule has 0 atom stereocenters. The lowest BCUT2D eigenvalue weighted by atomic mass is 10.1. The molecule has 0 spiro atoms. The highest BCUT2D eigenvalue weighted by Gasteiger charge is 2.11. The fourth-order valence-electron chi connectivity index (χ4n) is 1.02. The Balaban J connectivity index is 3.32. The van der Waals surface area contributed by atoms with Crippen LogP contribution in [0.4, 0.5) is 5.69 Å². The molecular weight excluding hydrogens is 196 g/mol. The molecule has 0 bridgehead atoms. The average molecular weight is 202 g/mol. The predicted octanol–water partition coefficient (Wildman–Crippen LogP) is 2.29. The molecule has 0 aliphatic rings. The van der Waals surface area contributed by atoms with Crippen LogP contribution in [0, 0.1) is 11.3 Å². The van der Waals surface area contributed by atoms with Crippen molar-refractivity contribution in [2.45, 2.75) is 0 Å². The molecule has 0 aliphatic carbocycles. The first kappa shape index (κ1) is 10.6. The Bertz CT molecular complexity index is 483. The van der Waals surface area contributed by atoms with Crippen LogP contribution in [-0.4, -0.2) is 13.1 Å². The molecule has 6 nitrogen and oxygen atoms in total. The van der Waals surface area contributed by atoms with Crippen LogP contribution >= 0.6 is 0 Å². The van der Waals surface area contributed by atoms with Gasteiger partial charge in [0.2, 0.25) is 0 Å². The van der Waals surface area contributed by atoms with Gasteiger partial charge in [-0.25, -0.2) is 4.79 Å². The number of carbonyl (C=O) groups is 1. The number of azide groups is 1. The largest absolute Gasteiger partial charge is 0.465 e.